The Kier molecular flexibility index (Phi) is 9.12. The molecule has 0 radical (unpaired) electrons. The molecule has 1 aliphatic rings. The molecule has 1 fully saturated rings. The summed E-state index contributed by atoms with van der Waals surface area (Å²) in [7, 11) is 0. The number of carboxylic acids is 1. The summed E-state index contributed by atoms with van der Waals surface area (Å²) in [6.45, 7) is 0.0543. The van der Waals surface area contributed by atoms with Crippen LogP contribution in [0.5, 0.6) is 5.75 Å². The van der Waals surface area contributed by atoms with Gasteiger partial charge in [-0.15, -0.1) is 0 Å². The van der Waals surface area contributed by atoms with E-state index in [9.17, 15) is 19.5 Å². The molecular weight excluding hydrogens is 548 g/mol. The Balaban J connectivity index is 1.87. The summed E-state index contributed by atoms with van der Waals surface area (Å²) in [4.78, 5) is 36.5. The maximum absolute atomic E-state index is 12.6. The molecule has 1 aliphatic heterocycles. The van der Waals surface area contributed by atoms with Gasteiger partial charge in [-0.3, -0.25) is 19.3 Å². The third-order valence-corrected chi connectivity index (χ3v) is 6.38. The molecule has 0 aromatic heterocycles. The minimum atomic E-state index is -1.08. The van der Waals surface area contributed by atoms with Gasteiger partial charge in [0.2, 0.25) is 5.91 Å². The summed E-state index contributed by atoms with van der Waals surface area (Å²) in [6.07, 6.45) is 3.81. The number of hydrogen-bond acceptors (Lipinski definition) is 6. The number of phenolic OH excluding ortho intramolecular Hbond substituents is 1. The molecule has 0 aliphatic carbocycles. The van der Waals surface area contributed by atoms with E-state index in [0.717, 1.165) is 4.47 Å². The zero-order chi connectivity index (χ0) is 21.6. The van der Waals surface area contributed by atoms with Crippen LogP contribution in [0.3, 0.4) is 0 Å². The van der Waals surface area contributed by atoms with Gasteiger partial charge in [0.05, 0.1) is 9.38 Å². The van der Waals surface area contributed by atoms with Crippen molar-refractivity contribution in [2.24, 2.45) is 0 Å². The molecule has 0 spiro atoms. The Labute approximate surface area is 194 Å². The number of carbonyl (C=O) groups is 3. The van der Waals surface area contributed by atoms with Gasteiger partial charge in [-0.1, -0.05) is 46.3 Å². The molecule has 0 unspecified atom stereocenters. The van der Waals surface area contributed by atoms with Gasteiger partial charge in [0.25, 0.3) is 5.91 Å². The lowest BCUT2D eigenvalue weighted by Gasteiger charge is -2.14. The first-order chi connectivity index (χ1) is 13.7. The predicted octanol–water partition coefficient (Wildman–Crippen LogP) is 3.88. The van der Waals surface area contributed by atoms with E-state index in [-0.39, 0.29) is 30.5 Å². The Morgan fingerprint density at radius 2 is 1.97 bits per heavy atom. The molecule has 29 heavy (non-hydrogen) atoms. The predicted molar refractivity (Wildman–Crippen MR) is 122 cm³/mol. The van der Waals surface area contributed by atoms with Crippen LogP contribution in [0.4, 0.5) is 0 Å². The van der Waals surface area contributed by atoms with E-state index in [1.807, 2.05) is 0 Å². The first kappa shape index (κ1) is 23.8. The van der Waals surface area contributed by atoms with Gasteiger partial charge in [0, 0.05) is 23.0 Å². The van der Waals surface area contributed by atoms with Crippen LogP contribution in [0.25, 0.3) is 6.08 Å². The molecule has 156 valence electrons. The zero-order valence-electron chi connectivity index (χ0n) is 15.1. The van der Waals surface area contributed by atoms with Gasteiger partial charge in [0.1, 0.15) is 16.6 Å². The standard InChI is InChI=1S/C18H18Br2N2O5S2/c19-11-6-10(16(26)12(20)8-11)7-13-17(27)22(18(28)29-13)5-3-1-2-4-14(23)21-9-15(24)25/h6-8,26H,1-5,9H2,(H,21,23)(H,24,25)/b13-7-. The van der Waals surface area contributed by atoms with E-state index >= 15 is 0 Å². The van der Waals surface area contributed by atoms with Gasteiger partial charge >= 0.3 is 5.97 Å². The number of carboxylic acid groups (broad SMARTS) is 1. The average Bonchev–Trinajstić information content (AvgIpc) is 2.90. The van der Waals surface area contributed by atoms with Gasteiger partial charge in [-0.25, -0.2) is 0 Å². The SMILES string of the molecule is O=C(O)CNC(=O)CCCCCN1C(=O)/C(=C/c2cc(Br)cc(Br)c2O)SC1=S. The van der Waals surface area contributed by atoms with Gasteiger partial charge in [0.15, 0.2) is 0 Å². The average molecular weight is 566 g/mol. The van der Waals surface area contributed by atoms with E-state index < -0.39 is 5.97 Å². The van der Waals surface area contributed by atoms with Crippen molar-refractivity contribution in [1.29, 1.82) is 0 Å². The second kappa shape index (κ2) is 11.1. The van der Waals surface area contributed by atoms with Gasteiger partial charge in [-0.2, -0.15) is 0 Å². The van der Waals surface area contributed by atoms with Crippen LogP contribution in [0.1, 0.15) is 31.2 Å². The molecule has 1 heterocycles. The minimum absolute atomic E-state index is 0.0413. The quantitative estimate of drug-likeness (QED) is 0.237. The van der Waals surface area contributed by atoms with E-state index in [1.165, 1.54) is 16.7 Å². The third-order valence-electron chi connectivity index (χ3n) is 3.94. The number of aliphatic carboxylic acids is 1. The normalized spacial score (nSPS) is 15.2. The molecule has 0 bridgehead atoms. The fourth-order valence-electron chi connectivity index (χ4n) is 2.52. The topological polar surface area (TPSA) is 107 Å². The fraction of sp³-hybridized carbons (Fsp3) is 0.333. The molecule has 2 rings (SSSR count). The number of aromatic hydroxyl groups is 1. The highest BCUT2D eigenvalue weighted by Gasteiger charge is 2.31. The van der Waals surface area contributed by atoms with E-state index in [1.54, 1.807) is 18.2 Å². The monoisotopic (exact) mass is 564 g/mol. The van der Waals surface area contributed by atoms with Crippen molar-refractivity contribution in [2.45, 2.75) is 25.7 Å². The van der Waals surface area contributed by atoms with Crippen molar-refractivity contribution in [3.63, 3.8) is 0 Å². The van der Waals surface area contributed by atoms with Gasteiger partial charge < -0.3 is 15.5 Å². The number of hydrogen-bond donors (Lipinski definition) is 3. The molecule has 0 atom stereocenters. The molecule has 3 N–H and O–H groups in total. The number of thioether (sulfide) groups is 1. The first-order valence-electron chi connectivity index (χ1n) is 8.61. The lowest BCUT2D eigenvalue weighted by Crippen LogP contribution is -2.29. The Morgan fingerprint density at radius 1 is 1.24 bits per heavy atom. The van der Waals surface area contributed by atoms with Crippen LogP contribution >= 0.6 is 55.8 Å². The van der Waals surface area contributed by atoms with Crippen LogP contribution in [-0.4, -0.2) is 50.3 Å². The maximum Gasteiger partial charge on any atom is 0.322 e. The number of phenols is 1. The van der Waals surface area contributed by atoms with E-state index in [4.69, 9.17) is 17.3 Å². The number of thiocarbonyl (C=S) groups is 1. The number of benzene rings is 1. The van der Waals surface area contributed by atoms with E-state index in [0.29, 0.717) is 45.1 Å². The van der Waals surface area contributed by atoms with Crippen molar-refractivity contribution < 1.29 is 24.6 Å². The molecule has 0 saturated carbocycles. The molecule has 7 nitrogen and oxygen atoms in total. The molecule has 1 aromatic rings. The Bertz CT molecular complexity index is 876. The lowest BCUT2D eigenvalue weighted by atomic mass is 10.1. The second-order valence-corrected chi connectivity index (χ2v) is 9.59. The van der Waals surface area contributed by atoms with Crippen LogP contribution < -0.4 is 5.32 Å². The van der Waals surface area contributed by atoms with Crippen LogP contribution in [0, 0.1) is 0 Å². The van der Waals surface area contributed by atoms with Crippen molar-refractivity contribution in [2.75, 3.05) is 13.1 Å². The summed E-state index contributed by atoms with van der Waals surface area (Å²) in [5.41, 5.74) is 0.499. The van der Waals surface area contributed by atoms with Crippen LogP contribution in [-0.2, 0) is 14.4 Å². The number of nitrogens with zero attached hydrogens (tertiary/aromatic N) is 1. The lowest BCUT2D eigenvalue weighted by molar-refractivity contribution is -0.137. The number of rotatable bonds is 9. The molecule has 11 heteroatoms. The number of amides is 2. The molecule has 1 saturated heterocycles. The van der Waals surface area contributed by atoms with Gasteiger partial charge in [-0.05, 0) is 47.0 Å². The highest BCUT2D eigenvalue weighted by molar-refractivity contribution is 9.11. The maximum atomic E-state index is 12.6. The minimum Gasteiger partial charge on any atom is -0.506 e. The molecule has 1 aromatic carbocycles. The number of carbonyl (C=O) groups excluding carboxylic acids is 2. The number of halogens is 2. The largest absolute Gasteiger partial charge is 0.506 e. The summed E-state index contributed by atoms with van der Waals surface area (Å²) in [5, 5.41) is 21.0. The Hall–Kier alpha value is -1.43. The van der Waals surface area contributed by atoms with Crippen molar-refractivity contribution in [3.05, 3.63) is 31.5 Å². The van der Waals surface area contributed by atoms with Crippen molar-refractivity contribution in [1.82, 2.24) is 10.2 Å². The molecule has 2 amide bonds. The number of nitrogens with one attached hydrogen (secondary N) is 1. The second-order valence-electron chi connectivity index (χ2n) is 6.14. The first-order valence-corrected chi connectivity index (χ1v) is 11.4. The van der Waals surface area contributed by atoms with Crippen molar-refractivity contribution >= 4 is 84.0 Å². The highest BCUT2D eigenvalue weighted by atomic mass is 79.9. The summed E-state index contributed by atoms with van der Waals surface area (Å²) in [5.74, 6) is -1.56. The fourth-order valence-corrected chi connectivity index (χ4v) is 5.08. The molecular formula is C18H18Br2N2O5S2. The zero-order valence-corrected chi connectivity index (χ0v) is 19.9. The van der Waals surface area contributed by atoms with Crippen molar-refractivity contribution in [3.8, 4) is 5.75 Å². The van der Waals surface area contributed by atoms with Crippen LogP contribution in [0.2, 0.25) is 0 Å². The Morgan fingerprint density at radius 3 is 2.66 bits per heavy atom. The number of unbranched alkanes of at least 4 members (excludes halogenated alkanes) is 2. The smallest absolute Gasteiger partial charge is 0.322 e. The van der Waals surface area contributed by atoms with Crippen LogP contribution in [0.15, 0.2) is 26.0 Å². The highest BCUT2D eigenvalue weighted by Crippen LogP contribution is 2.37. The summed E-state index contributed by atoms with van der Waals surface area (Å²) in [6, 6.07) is 3.42. The third kappa shape index (κ3) is 7.09. The summed E-state index contributed by atoms with van der Waals surface area (Å²) >= 11 is 13.1. The van der Waals surface area contributed by atoms with E-state index in [2.05, 4.69) is 37.2 Å². The summed E-state index contributed by atoms with van der Waals surface area (Å²) < 4.78 is 1.73.